The summed E-state index contributed by atoms with van der Waals surface area (Å²) in [6.45, 7) is 1.82. The molecule has 0 aliphatic rings. The molecule has 3 nitrogen and oxygen atoms in total. The second-order valence-electron chi connectivity index (χ2n) is 3.40. The summed E-state index contributed by atoms with van der Waals surface area (Å²) in [5.41, 5.74) is 1.23. The molecule has 15 heavy (non-hydrogen) atoms. The Bertz CT molecular complexity index is 516. The van der Waals surface area contributed by atoms with Gasteiger partial charge in [0.05, 0.1) is 0 Å². The van der Waals surface area contributed by atoms with E-state index in [0.717, 1.165) is 11.6 Å². The first kappa shape index (κ1) is 10.1. The molecule has 0 saturated carbocycles. The molecule has 76 valence electrons. The second kappa shape index (κ2) is 3.60. The molecule has 5 heteroatoms. The Morgan fingerprint density at radius 2 is 2.07 bits per heavy atom. The minimum Gasteiger partial charge on any atom is -0.423 e. The zero-order valence-corrected chi connectivity index (χ0v) is 8.11. The number of nitrogens with zero attached hydrogens (tertiary/aromatic N) is 1. The Hall–Kier alpha value is -1.46. The number of hydrogen-bond acceptors (Lipinski definition) is 3. The van der Waals surface area contributed by atoms with Gasteiger partial charge in [0.1, 0.15) is 11.3 Å². The molecule has 0 fully saturated rings. The molecule has 0 aliphatic carbocycles. The average Bonchev–Trinajstić information content (AvgIpc) is 2.19. The summed E-state index contributed by atoms with van der Waals surface area (Å²) >= 11 is 0. The normalized spacial score (nSPS) is 10.7. The Labute approximate surface area is 86.3 Å². The highest BCUT2D eigenvalue weighted by Crippen LogP contribution is 2.17. The van der Waals surface area contributed by atoms with Crippen molar-refractivity contribution in [1.82, 2.24) is 4.98 Å². The van der Waals surface area contributed by atoms with Crippen LogP contribution in [0.4, 0.5) is 4.39 Å². The lowest BCUT2D eigenvalue weighted by atomic mass is 9.79. The number of aromatic nitrogens is 1. The van der Waals surface area contributed by atoms with Gasteiger partial charge in [0, 0.05) is 11.6 Å². The SMILES string of the molecule is Cc1ccnc2c(F)cc(B(O)O)cc12. The molecular weight excluding hydrogens is 196 g/mol. The van der Waals surface area contributed by atoms with Gasteiger partial charge in [0.25, 0.3) is 0 Å². The third-order valence-electron chi connectivity index (χ3n) is 2.34. The molecule has 0 radical (unpaired) electrons. The third-order valence-corrected chi connectivity index (χ3v) is 2.34. The molecule has 2 N–H and O–H groups in total. The molecule has 1 aromatic carbocycles. The summed E-state index contributed by atoms with van der Waals surface area (Å²) in [6.07, 6.45) is 1.52. The number of rotatable bonds is 1. The number of halogens is 1. The molecule has 0 amide bonds. The van der Waals surface area contributed by atoms with Crippen LogP contribution in [0.5, 0.6) is 0 Å². The Balaban J connectivity index is 2.80. The summed E-state index contributed by atoms with van der Waals surface area (Å²) in [4.78, 5) is 3.90. The van der Waals surface area contributed by atoms with Gasteiger partial charge < -0.3 is 10.0 Å². The van der Waals surface area contributed by atoms with Crippen LogP contribution >= 0.6 is 0 Å². The largest absolute Gasteiger partial charge is 0.488 e. The standard InChI is InChI=1S/C10H9BFNO2/c1-6-2-3-13-10-8(6)4-7(11(14)15)5-9(10)12/h2-5,14-15H,1H3. The Morgan fingerprint density at radius 3 is 2.73 bits per heavy atom. The van der Waals surface area contributed by atoms with Crippen LogP contribution in [0.15, 0.2) is 24.4 Å². The Kier molecular flexibility index (Phi) is 2.42. The van der Waals surface area contributed by atoms with Crippen LogP contribution < -0.4 is 5.46 Å². The first-order valence-electron chi connectivity index (χ1n) is 4.50. The summed E-state index contributed by atoms with van der Waals surface area (Å²) < 4.78 is 13.5. The van der Waals surface area contributed by atoms with E-state index in [2.05, 4.69) is 4.98 Å². The lowest BCUT2D eigenvalue weighted by Crippen LogP contribution is -2.30. The van der Waals surface area contributed by atoms with Gasteiger partial charge >= 0.3 is 7.12 Å². The van der Waals surface area contributed by atoms with Crippen LogP contribution in [0, 0.1) is 12.7 Å². The van der Waals surface area contributed by atoms with E-state index >= 15 is 0 Å². The monoisotopic (exact) mass is 205 g/mol. The predicted octanol–water partition coefficient (Wildman–Crippen LogP) is 0.362. The number of aryl methyl sites for hydroxylation is 1. The lowest BCUT2D eigenvalue weighted by molar-refractivity contribution is 0.425. The van der Waals surface area contributed by atoms with Crippen molar-refractivity contribution in [1.29, 1.82) is 0 Å². The maximum Gasteiger partial charge on any atom is 0.488 e. The van der Waals surface area contributed by atoms with Gasteiger partial charge in [-0.15, -0.1) is 0 Å². The fourth-order valence-corrected chi connectivity index (χ4v) is 1.51. The van der Waals surface area contributed by atoms with Crippen molar-refractivity contribution in [3.63, 3.8) is 0 Å². The van der Waals surface area contributed by atoms with Gasteiger partial charge in [-0.05, 0) is 30.1 Å². The highest BCUT2D eigenvalue weighted by Gasteiger charge is 2.15. The van der Waals surface area contributed by atoms with Crippen molar-refractivity contribution in [3.05, 3.63) is 35.8 Å². The van der Waals surface area contributed by atoms with Gasteiger partial charge in [-0.25, -0.2) is 4.39 Å². The van der Waals surface area contributed by atoms with Crippen molar-refractivity contribution < 1.29 is 14.4 Å². The fraction of sp³-hybridized carbons (Fsp3) is 0.100. The maximum atomic E-state index is 13.5. The van der Waals surface area contributed by atoms with E-state index in [9.17, 15) is 4.39 Å². The van der Waals surface area contributed by atoms with Crippen LogP contribution in [0.3, 0.4) is 0 Å². The highest BCUT2D eigenvalue weighted by atomic mass is 19.1. The third kappa shape index (κ3) is 1.71. The molecule has 0 saturated heterocycles. The predicted molar refractivity (Wildman–Crippen MR) is 56.3 cm³/mol. The summed E-state index contributed by atoms with van der Waals surface area (Å²) in [5.74, 6) is -0.542. The molecular formula is C10H9BFNO2. The van der Waals surface area contributed by atoms with Gasteiger partial charge in [0.15, 0.2) is 0 Å². The molecule has 0 spiro atoms. The van der Waals surface area contributed by atoms with Crippen LogP contribution in [0.2, 0.25) is 0 Å². The van der Waals surface area contributed by atoms with Gasteiger partial charge in [-0.1, -0.05) is 6.07 Å². The van der Waals surface area contributed by atoms with Crippen molar-refractivity contribution >= 4 is 23.5 Å². The molecule has 2 rings (SSSR count). The first-order chi connectivity index (χ1) is 7.09. The van der Waals surface area contributed by atoms with Crippen LogP contribution in [-0.4, -0.2) is 22.2 Å². The van der Waals surface area contributed by atoms with Gasteiger partial charge in [-0.3, -0.25) is 4.98 Å². The maximum absolute atomic E-state index is 13.5. The second-order valence-corrected chi connectivity index (χ2v) is 3.40. The average molecular weight is 205 g/mol. The van der Waals surface area contributed by atoms with E-state index in [1.165, 1.54) is 12.3 Å². The van der Waals surface area contributed by atoms with Gasteiger partial charge in [0.2, 0.25) is 0 Å². The van der Waals surface area contributed by atoms with E-state index in [0.29, 0.717) is 5.39 Å². The quantitative estimate of drug-likeness (QED) is 0.661. The number of benzene rings is 1. The van der Waals surface area contributed by atoms with Crippen molar-refractivity contribution in [2.24, 2.45) is 0 Å². The number of pyridine rings is 1. The Morgan fingerprint density at radius 1 is 1.33 bits per heavy atom. The topological polar surface area (TPSA) is 53.4 Å². The first-order valence-corrected chi connectivity index (χ1v) is 4.50. The van der Waals surface area contributed by atoms with Crippen molar-refractivity contribution in [2.75, 3.05) is 0 Å². The minimum atomic E-state index is -1.66. The highest BCUT2D eigenvalue weighted by molar-refractivity contribution is 6.58. The zero-order chi connectivity index (χ0) is 11.0. The number of hydrogen-bond donors (Lipinski definition) is 2. The molecule has 1 aromatic heterocycles. The zero-order valence-electron chi connectivity index (χ0n) is 8.11. The van der Waals surface area contributed by atoms with E-state index in [1.807, 2.05) is 6.92 Å². The number of fused-ring (bicyclic) bond motifs is 1. The van der Waals surface area contributed by atoms with Crippen molar-refractivity contribution in [3.8, 4) is 0 Å². The lowest BCUT2D eigenvalue weighted by Gasteiger charge is -2.05. The van der Waals surface area contributed by atoms with E-state index in [-0.39, 0.29) is 11.0 Å². The molecule has 0 aliphatic heterocycles. The fourth-order valence-electron chi connectivity index (χ4n) is 1.51. The summed E-state index contributed by atoms with van der Waals surface area (Å²) in [5, 5.41) is 18.5. The van der Waals surface area contributed by atoms with Crippen LogP contribution in [0.1, 0.15) is 5.56 Å². The van der Waals surface area contributed by atoms with E-state index in [4.69, 9.17) is 10.0 Å². The molecule has 2 aromatic rings. The summed E-state index contributed by atoms with van der Waals surface area (Å²) in [7, 11) is -1.66. The van der Waals surface area contributed by atoms with E-state index in [1.54, 1.807) is 6.07 Å². The molecule has 0 atom stereocenters. The molecule has 0 unspecified atom stereocenters. The minimum absolute atomic E-state index is 0.135. The summed E-state index contributed by atoms with van der Waals surface area (Å²) in [6, 6.07) is 4.36. The van der Waals surface area contributed by atoms with Crippen molar-refractivity contribution in [2.45, 2.75) is 6.92 Å². The van der Waals surface area contributed by atoms with Crippen LogP contribution in [0.25, 0.3) is 10.9 Å². The molecule has 0 bridgehead atoms. The molecule has 1 heterocycles. The van der Waals surface area contributed by atoms with Crippen LogP contribution in [-0.2, 0) is 0 Å². The smallest absolute Gasteiger partial charge is 0.423 e. The van der Waals surface area contributed by atoms with Gasteiger partial charge in [-0.2, -0.15) is 0 Å². The van der Waals surface area contributed by atoms with E-state index < -0.39 is 12.9 Å².